The number of aliphatic hydroxyl groups excluding tert-OH is 1. The molecule has 3 heteroatoms. The molecule has 0 aliphatic rings. The molecular weight excluding hydrogens is 250 g/mol. The first-order chi connectivity index (χ1) is 9.58. The number of hydrogen-bond acceptors (Lipinski definition) is 3. The van der Waals surface area contributed by atoms with Gasteiger partial charge >= 0.3 is 0 Å². The summed E-state index contributed by atoms with van der Waals surface area (Å²) in [6.07, 6.45) is 0.957. The van der Waals surface area contributed by atoms with Crippen molar-refractivity contribution in [2.24, 2.45) is 4.99 Å². The summed E-state index contributed by atoms with van der Waals surface area (Å²) >= 11 is 0. The van der Waals surface area contributed by atoms with Gasteiger partial charge < -0.3 is 10.2 Å². The minimum Gasteiger partial charge on any atom is -0.507 e. The average molecular weight is 269 g/mol. The minimum absolute atomic E-state index is 0.195. The van der Waals surface area contributed by atoms with E-state index < -0.39 is 6.10 Å². The molecule has 0 amide bonds. The lowest BCUT2D eigenvalue weighted by Gasteiger charge is -2.15. The predicted octanol–water partition coefficient (Wildman–Crippen LogP) is 3.24. The van der Waals surface area contributed by atoms with Gasteiger partial charge in [0.25, 0.3) is 0 Å². The summed E-state index contributed by atoms with van der Waals surface area (Å²) in [5.41, 5.74) is 2.56. The molecule has 0 aliphatic heterocycles. The zero-order valence-electron chi connectivity index (χ0n) is 11.7. The van der Waals surface area contributed by atoms with Gasteiger partial charge in [-0.25, -0.2) is 0 Å². The number of benzene rings is 2. The van der Waals surface area contributed by atoms with Gasteiger partial charge in [0.05, 0.1) is 6.04 Å². The first-order valence-corrected chi connectivity index (χ1v) is 6.63. The second kappa shape index (κ2) is 6.35. The van der Waals surface area contributed by atoms with Crippen molar-refractivity contribution in [3.8, 4) is 5.75 Å². The Labute approximate surface area is 119 Å². The Morgan fingerprint density at radius 3 is 2.50 bits per heavy atom. The fraction of sp³-hybridized carbons (Fsp3) is 0.235. The van der Waals surface area contributed by atoms with Gasteiger partial charge in [0.15, 0.2) is 0 Å². The van der Waals surface area contributed by atoms with Gasteiger partial charge in [0, 0.05) is 11.8 Å². The van der Waals surface area contributed by atoms with Crippen molar-refractivity contribution < 1.29 is 10.2 Å². The van der Waals surface area contributed by atoms with Gasteiger partial charge in [-0.3, -0.25) is 4.99 Å². The van der Waals surface area contributed by atoms with Crippen LogP contribution in [-0.4, -0.2) is 22.5 Å². The third kappa shape index (κ3) is 3.45. The number of aliphatic imine (C=N–C) groups is 1. The summed E-state index contributed by atoms with van der Waals surface area (Å²) in [5, 5.41) is 20.0. The molecular formula is C17H19NO2. The fourth-order valence-corrected chi connectivity index (χ4v) is 1.99. The quantitative estimate of drug-likeness (QED) is 0.837. The molecule has 0 bridgehead atoms. The highest BCUT2D eigenvalue weighted by atomic mass is 16.3. The molecule has 0 unspecified atom stereocenters. The van der Waals surface area contributed by atoms with Gasteiger partial charge in [-0.15, -0.1) is 0 Å². The molecule has 3 nitrogen and oxygen atoms in total. The standard InChI is InChI=1S/C17H19NO2/c1-12-8-9-16(19)15(10-12)11-18-13(2)17(20)14-6-4-3-5-7-14/h3-11,13,17,19-20H,1-2H3/t13-,17-/m0/s1. The lowest BCUT2D eigenvalue weighted by Crippen LogP contribution is -2.12. The second-order valence-electron chi connectivity index (χ2n) is 4.94. The molecule has 2 aromatic rings. The predicted molar refractivity (Wildman–Crippen MR) is 81.3 cm³/mol. The Morgan fingerprint density at radius 1 is 1.10 bits per heavy atom. The maximum atomic E-state index is 10.2. The highest BCUT2D eigenvalue weighted by Gasteiger charge is 2.14. The van der Waals surface area contributed by atoms with Crippen molar-refractivity contribution in [3.05, 3.63) is 65.2 Å². The van der Waals surface area contributed by atoms with Crippen LogP contribution in [0.25, 0.3) is 0 Å². The first kappa shape index (κ1) is 14.3. The van der Waals surface area contributed by atoms with E-state index in [0.717, 1.165) is 11.1 Å². The highest BCUT2D eigenvalue weighted by Crippen LogP contribution is 2.20. The number of rotatable bonds is 4. The molecule has 2 rings (SSSR count). The maximum Gasteiger partial charge on any atom is 0.124 e. The van der Waals surface area contributed by atoms with Gasteiger partial charge in [0.1, 0.15) is 11.9 Å². The van der Waals surface area contributed by atoms with E-state index in [-0.39, 0.29) is 11.8 Å². The van der Waals surface area contributed by atoms with Crippen LogP contribution in [0.2, 0.25) is 0 Å². The third-order valence-corrected chi connectivity index (χ3v) is 3.23. The number of phenols is 1. The third-order valence-electron chi connectivity index (χ3n) is 3.23. The van der Waals surface area contributed by atoms with Crippen LogP contribution in [-0.2, 0) is 0 Å². The van der Waals surface area contributed by atoms with Crippen molar-refractivity contribution in [1.82, 2.24) is 0 Å². The molecule has 0 heterocycles. The lowest BCUT2D eigenvalue weighted by molar-refractivity contribution is 0.154. The Morgan fingerprint density at radius 2 is 1.80 bits per heavy atom. The number of aromatic hydroxyl groups is 1. The van der Waals surface area contributed by atoms with Gasteiger partial charge in [-0.2, -0.15) is 0 Å². The SMILES string of the molecule is Cc1ccc(O)c(C=N[C@@H](C)[C@H](O)c2ccccc2)c1. The highest BCUT2D eigenvalue weighted by molar-refractivity contribution is 5.83. The summed E-state index contributed by atoms with van der Waals surface area (Å²) in [4.78, 5) is 4.34. The molecule has 0 saturated carbocycles. The van der Waals surface area contributed by atoms with E-state index in [9.17, 15) is 10.2 Å². The smallest absolute Gasteiger partial charge is 0.124 e. The maximum absolute atomic E-state index is 10.2. The number of phenolic OH excluding ortho intramolecular Hbond substituents is 1. The molecule has 2 aromatic carbocycles. The van der Waals surface area contributed by atoms with E-state index in [1.165, 1.54) is 0 Å². The topological polar surface area (TPSA) is 52.8 Å². The Bertz CT molecular complexity index is 593. The lowest BCUT2D eigenvalue weighted by atomic mass is 10.0. The van der Waals surface area contributed by atoms with E-state index in [4.69, 9.17) is 0 Å². The normalized spacial score (nSPS) is 14.3. The molecule has 104 valence electrons. The number of aryl methyl sites for hydroxylation is 1. The monoisotopic (exact) mass is 269 g/mol. The minimum atomic E-state index is -0.653. The van der Waals surface area contributed by atoms with E-state index in [2.05, 4.69) is 4.99 Å². The van der Waals surface area contributed by atoms with Crippen LogP contribution in [0, 0.1) is 6.92 Å². The van der Waals surface area contributed by atoms with E-state index in [1.54, 1.807) is 12.3 Å². The van der Waals surface area contributed by atoms with Crippen LogP contribution < -0.4 is 0 Å². The molecule has 0 spiro atoms. The molecule has 0 saturated heterocycles. The summed E-state index contributed by atoms with van der Waals surface area (Å²) in [6.45, 7) is 3.81. The van der Waals surface area contributed by atoms with Crippen LogP contribution in [0.3, 0.4) is 0 Å². The molecule has 0 fully saturated rings. The number of nitrogens with zero attached hydrogens (tertiary/aromatic N) is 1. The average Bonchev–Trinajstić information content (AvgIpc) is 2.48. The van der Waals surface area contributed by atoms with Crippen molar-refractivity contribution >= 4 is 6.21 Å². The fourth-order valence-electron chi connectivity index (χ4n) is 1.99. The van der Waals surface area contributed by atoms with E-state index in [0.29, 0.717) is 5.56 Å². The largest absolute Gasteiger partial charge is 0.507 e. The number of aliphatic hydroxyl groups is 1. The Hall–Kier alpha value is -2.13. The molecule has 20 heavy (non-hydrogen) atoms. The van der Waals surface area contributed by atoms with Gasteiger partial charge in [-0.05, 0) is 31.5 Å². The summed E-state index contributed by atoms with van der Waals surface area (Å²) in [5.74, 6) is 0.195. The molecule has 2 N–H and O–H groups in total. The summed E-state index contributed by atoms with van der Waals surface area (Å²) < 4.78 is 0. The zero-order valence-corrected chi connectivity index (χ0v) is 11.7. The van der Waals surface area contributed by atoms with E-state index >= 15 is 0 Å². The van der Waals surface area contributed by atoms with Gasteiger partial charge in [0.2, 0.25) is 0 Å². The van der Waals surface area contributed by atoms with Crippen molar-refractivity contribution in [2.45, 2.75) is 26.0 Å². The first-order valence-electron chi connectivity index (χ1n) is 6.63. The molecule has 0 aliphatic carbocycles. The summed E-state index contributed by atoms with van der Waals surface area (Å²) in [6, 6.07) is 14.5. The van der Waals surface area contributed by atoms with E-state index in [1.807, 2.05) is 56.3 Å². The van der Waals surface area contributed by atoms with Crippen LogP contribution in [0.4, 0.5) is 0 Å². The summed E-state index contributed by atoms with van der Waals surface area (Å²) in [7, 11) is 0. The second-order valence-corrected chi connectivity index (χ2v) is 4.94. The Kier molecular flexibility index (Phi) is 4.53. The molecule has 2 atom stereocenters. The van der Waals surface area contributed by atoms with Crippen LogP contribution in [0.15, 0.2) is 53.5 Å². The van der Waals surface area contributed by atoms with Crippen LogP contribution >= 0.6 is 0 Å². The Balaban J connectivity index is 2.13. The number of hydrogen-bond donors (Lipinski definition) is 2. The van der Waals surface area contributed by atoms with Crippen LogP contribution in [0.1, 0.15) is 29.7 Å². The van der Waals surface area contributed by atoms with Gasteiger partial charge in [-0.1, -0.05) is 42.0 Å². The van der Waals surface area contributed by atoms with Crippen molar-refractivity contribution in [3.63, 3.8) is 0 Å². The molecule has 0 radical (unpaired) electrons. The van der Waals surface area contributed by atoms with Crippen molar-refractivity contribution in [1.29, 1.82) is 0 Å². The molecule has 0 aromatic heterocycles. The zero-order chi connectivity index (χ0) is 14.5. The van der Waals surface area contributed by atoms with Crippen molar-refractivity contribution in [2.75, 3.05) is 0 Å². The van der Waals surface area contributed by atoms with Crippen LogP contribution in [0.5, 0.6) is 5.75 Å².